The Morgan fingerprint density at radius 1 is 1.50 bits per heavy atom. The maximum absolute atomic E-state index is 11.3. The van der Waals surface area contributed by atoms with Gasteiger partial charge in [-0.3, -0.25) is 9.48 Å². The predicted molar refractivity (Wildman–Crippen MR) is 69.5 cm³/mol. The Bertz CT molecular complexity index is 586. The van der Waals surface area contributed by atoms with E-state index in [4.69, 9.17) is 11.6 Å². The molecule has 0 radical (unpaired) electrons. The van der Waals surface area contributed by atoms with Crippen molar-refractivity contribution in [2.45, 2.75) is 25.8 Å². The molecule has 18 heavy (non-hydrogen) atoms. The Balaban J connectivity index is 2.43. The monoisotopic (exact) mass is 269 g/mol. The zero-order chi connectivity index (χ0) is 13.3. The van der Waals surface area contributed by atoms with Crippen LogP contribution in [0.5, 0.6) is 0 Å². The van der Waals surface area contributed by atoms with Crippen molar-refractivity contribution in [3.8, 4) is 0 Å². The molecule has 0 aliphatic rings. The number of hydrogen-bond acceptors (Lipinski definition) is 3. The van der Waals surface area contributed by atoms with Gasteiger partial charge in [0.25, 0.3) is 0 Å². The highest BCUT2D eigenvalue weighted by Gasteiger charge is 2.17. The standard InChI is InChI=1S/C11H16ClN5O/c1-7-10-11(16(3)15-7)17(8(6-12)14-10)5-4-9(18)13-2/h4-6H2,1-3H3,(H,13,18). The molecule has 0 atom stereocenters. The minimum absolute atomic E-state index is 0.00346. The number of nitrogens with one attached hydrogen (secondary N) is 1. The molecule has 1 amide bonds. The third-order valence-electron chi connectivity index (χ3n) is 2.93. The summed E-state index contributed by atoms with van der Waals surface area (Å²) in [5.41, 5.74) is 2.63. The second-order valence-electron chi connectivity index (χ2n) is 4.12. The Morgan fingerprint density at radius 3 is 2.83 bits per heavy atom. The average Bonchev–Trinajstić information content (AvgIpc) is 2.85. The first kappa shape index (κ1) is 12.9. The van der Waals surface area contributed by atoms with Crippen molar-refractivity contribution in [2.75, 3.05) is 7.05 Å². The van der Waals surface area contributed by atoms with Crippen LogP contribution in [0.15, 0.2) is 0 Å². The zero-order valence-electron chi connectivity index (χ0n) is 10.7. The zero-order valence-corrected chi connectivity index (χ0v) is 11.5. The molecule has 0 aliphatic carbocycles. The van der Waals surface area contributed by atoms with E-state index in [9.17, 15) is 4.79 Å². The summed E-state index contributed by atoms with van der Waals surface area (Å²) in [4.78, 5) is 15.8. The fourth-order valence-electron chi connectivity index (χ4n) is 2.06. The molecule has 0 aliphatic heterocycles. The number of carbonyl (C=O) groups excluding carboxylic acids is 1. The van der Waals surface area contributed by atoms with E-state index in [1.165, 1.54) is 0 Å². The van der Waals surface area contributed by atoms with Gasteiger partial charge < -0.3 is 9.88 Å². The molecular formula is C11H16ClN5O. The second kappa shape index (κ2) is 4.97. The number of aryl methyl sites for hydroxylation is 3. The summed E-state index contributed by atoms with van der Waals surface area (Å²) in [7, 11) is 3.49. The Labute approximate surface area is 110 Å². The highest BCUT2D eigenvalue weighted by Crippen LogP contribution is 2.20. The number of amides is 1. The van der Waals surface area contributed by atoms with E-state index >= 15 is 0 Å². The lowest BCUT2D eigenvalue weighted by molar-refractivity contribution is -0.120. The molecule has 2 aromatic rings. The molecule has 0 aromatic carbocycles. The molecule has 0 bridgehead atoms. The molecule has 0 saturated heterocycles. The fraction of sp³-hybridized carbons (Fsp3) is 0.545. The van der Waals surface area contributed by atoms with E-state index in [0.717, 1.165) is 22.7 Å². The normalized spacial score (nSPS) is 11.1. The topological polar surface area (TPSA) is 64.7 Å². The maximum Gasteiger partial charge on any atom is 0.221 e. The van der Waals surface area contributed by atoms with Crippen LogP contribution in [0.4, 0.5) is 0 Å². The summed E-state index contributed by atoms with van der Waals surface area (Å²) in [6.45, 7) is 2.47. The largest absolute Gasteiger partial charge is 0.359 e. The molecule has 0 spiro atoms. The summed E-state index contributed by atoms with van der Waals surface area (Å²) in [6, 6.07) is 0. The van der Waals surface area contributed by atoms with Gasteiger partial charge in [-0.2, -0.15) is 5.10 Å². The highest BCUT2D eigenvalue weighted by molar-refractivity contribution is 6.16. The molecule has 0 unspecified atom stereocenters. The van der Waals surface area contributed by atoms with Crippen molar-refractivity contribution in [2.24, 2.45) is 7.05 Å². The minimum Gasteiger partial charge on any atom is -0.359 e. The van der Waals surface area contributed by atoms with Gasteiger partial charge in [0.1, 0.15) is 11.3 Å². The number of hydrogen-bond donors (Lipinski definition) is 1. The summed E-state index contributed by atoms with van der Waals surface area (Å²) >= 11 is 5.90. The van der Waals surface area contributed by atoms with Crippen molar-refractivity contribution in [3.05, 3.63) is 11.5 Å². The Hall–Kier alpha value is -1.56. The van der Waals surface area contributed by atoms with E-state index in [-0.39, 0.29) is 5.91 Å². The van der Waals surface area contributed by atoms with Crippen molar-refractivity contribution >= 4 is 28.7 Å². The van der Waals surface area contributed by atoms with Gasteiger partial charge in [-0.25, -0.2) is 4.98 Å². The van der Waals surface area contributed by atoms with Crippen LogP contribution < -0.4 is 5.32 Å². The smallest absolute Gasteiger partial charge is 0.221 e. The van der Waals surface area contributed by atoms with Crippen LogP contribution in [0.3, 0.4) is 0 Å². The van der Waals surface area contributed by atoms with Crippen molar-refractivity contribution in [3.63, 3.8) is 0 Å². The van der Waals surface area contributed by atoms with Crippen LogP contribution in [0.2, 0.25) is 0 Å². The molecule has 1 N–H and O–H groups in total. The van der Waals surface area contributed by atoms with E-state index in [1.807, 2.05) is 18.5 Å². The third-order valence-corrected chi connectivity index (χ3v) is 3.17. The van der Waals surface area contributed by atoms with Gasteiger partial charge in [0.2, 0.25) is 5.91 Å². The number of rotatable bonds is 4. The van der Waals surface area contributed by atoms with Crippen LogP contribution in [0, 0.1) is 6.92 Å². The van der Waals surface area contributed by atoms with E-state index in [2.05, 4.69) is 15.4 Å². The summed E-state index contributed by atoms with van der Waals surface area (Å²) < 4.78 is 3.73. The lowest BCUT2D eigenvalue weighted by Crippen LogP contribution is -2.20. The predicted octanol–water partition coefficient (Wildman–Crippen LogP) is 0.953. The first-order valence-electron chi connectivity index (χ1n) is 5.73. The first-order chi connectivity index (χ1) is 8.58. The lowest BCUT2D eigenvalue weighted by atomic mass is 10.4. The molecular weight excluding hydrogens is 254 g/mol. The molecule has 2 aromatic heterocycles. The SMILES string of the molecule is CNC(=O)CCn1c(CCl)nc2c(C)nn(C)c21. The van der Waals surface area contributed by atoms with Gasteiger partial charge in [0, 0.05) is 27.1 Å². The Morgan fingerprint density at radius 2 is 2.22 bits per heavy atom. The number of imidazole rings is 1. The van der Waals surface area contributed by atoms with Gasteiger partial charge in [-0.05, 0) is 6.92 Å². The van der Waals surface area contributed by atoms with Gasteiger partial charge in [0.05, 0.1) is 11.6 Å². The van der Waals surface area contributed by atoms with Gasteiger partial charge in [-0.15, -0.1) is 11.6 Å². The van der Waals surface area contributed by atoms with Gasteiger partial charge in [0.15, 0.2) is 5.65 Å². The highest BCUT2D eigenvalue weighted by atomic mass is 35.5. The molecule has 6 nitrogen and oxygen atoms in total. The van der Waals surface area contributed by atoms with Gasteiger partial charge in [-0.1, -0.05) is 0 Å². The van der Waals surface area contributed by atoms with E-state index in [0.29, 0.717) is 18.8 Å². The summed E-state index contributed by atoms with van der Waals surface area (Å²) in [6.07, 6.45) is 0.399. The quantitative estimate of drug-likeness (QED) is 0.841. The molecule has 98 valence electrons. The van der Waals surface area contributed by atoms with Crippen LogP contribution >= 0.6 is 11.6 Å². The number of fused-ring (bicyclic) bond motifs is 1. The van der Waals surface area contributed by atoms with Crippen molar-refractivity contribution in [1.82, 2.24) is 24.6 Å². The van der Waals surface area contributed by atoms with Crippen LogP contribution in [-0.2, 0) is 24.3 Å². The fourth-order valence-corrected chi connectivity index (χ4v) is 2.26. The molecule has 0 saturated carbocycles. The number of halogens is 1. The van der Waals surface area contributed by atoms with Crippen molar-refractivity contribution in [1.29, 1.82) is 0 Å². The molecule has 0 fully saturated rings. The van der Waals surface area contributed by atoms with Crippen LogP contribution in [-0.4, -0.2) is 32.3 Å². The van der Waals surface area contributed by atoms with Crippen LogP contribution in [0.1, 0.15) is 17.9 Å². The minimum atomic E-state index is -0.00346. The van der Waals surface area contributed by atoms with Crippen LogP contribution in [0.25, 0.3) is 11.2 Å². The van der Waals surface area contributed by atoms with Gasteiger partial charge >= 0.3 is 0 Å². The summed E-state index contributed by atoms with van der Waals surface area (Å²) in [5.74, 6) is 1.09. The van der Waals surface area contributed by atoms with Crippen molar-refractivity contribution < 1.29 is 4.79 Å². The molecule has 2 rings (SSSR count). The second-order valence-corrected chi connectivity index (χ2v) is 4.38. The molecule has 7 heteroatoms. The third kappa shape index (κ3) is 2.08. The average molecular weight is 270 g/mol. The number of alkyl halides is 1. The first-order valence-corrected chi connectivity index (χ1v) is 6.27. The lowest BCUT2D eigenvalue weighted by Gasteiger charge is -2.07. The number of carbonyl (C=O) groups is 1. The Kier molecular flexibility index (Phi) is 3.56. The number of aromatic nitrogens is 4. The van der Waals surface area contributed by atoms with E-state index < -0.39 is 0 Å². The maximum atomic E-state index is 11.3. The summed E-state index contributed by atoms with van der Waals surface area (Å²) in [5, 5.41) is 6.93. The van der Waals surface area contributed by atoms with E-state index in [1.54, 1.807) is 11.7 Å². The molecule has 2 heterocycles. The number of nitrogens with zero attached hydrogens (tertiary/aromatic N) is 4.